The van der Waals surface area contributed by atoms with Gasteiger partial charge in [-0.1, -0.05) is 160 Å². The molecule has 1 heterocycles. The van der Waals surface area contributed by atoms with Crippen LogP contribution in [0.15, 0.2) is 186 Å². The number of anilines is 3. The van der Waals surface area contributed by atoms with Crippen LogP contribution >= 0.6 is 0 Å². The second-order valence-corrected chi connectivity index (χ2v) is 14.6. The first-order valence-corrected chi connectivity index (χ1v) is 18.0. The smallest absolute Gasteiger partial charge is 0.136 e. The van der Waals surface area contributed by atoms with Crippen molar-refractivity contribution < 1.29 is 4.42 Å². The zero-order chi connectivity index (χ0) is 35.2. The number of nitrogens with zero attached hydrogens (tertiary/aromatic N) is 1. The third-order valence-electron chi connectivity index (χ3n) is 10.3. The van der Waals surface area contributed by atoms with Crippen LogP contribution in [0.25, 0.3) is 66.1 Å². The lowest BCUT2D eigenvalue weighted by atomic mass is 9.87. The van der Waals surface area contributed by atoms with Gasteiger partial charge in [0.1, 0.15) is 11.2 Å². The zero-order valence-corrected chi connectivity index (χ0v) is 29.7. The molecule has 0 radical (unpaired) electrons. The van der Waals surface area contributed by atoms with Crippen LogP contribution in [0.3, 0.4) is 0 Å². The molecule has 52 heavy (non-hydrogen) atoms. The quantitative estimate of drug-likeness (QED) is 0.175. The van der Waals surface area contributed by atoms with Crippen molar-refractivity contribution in [2.45, 2.75) is 26.2 Å². The number of hydrogen-bond acceptors (Lipinski definition) is 2. The molecule has 0 aliphatic rings. The predicted octanol–water partition coefficient (Wildman–Crippen LogP) is 14.5. The number of fused-ring (bicyclic) bond motifs is 4. The minimum Gasteiger partial charge on any atom is -0.456 e. The van der Waals surface area contributed by atoms with Crippen molar-refractivity contribution in [1.82, 2.24) is 0 Å². The molecule has 0 N–H and O–H groups in total. The first kappa shape index (κ1) is 31.6. The molecule has 0 spiro atoms. The van der Waals surface area contributed by atoms with E-state index in [4.69, 9.17) is 4.42 Å². The molecule has 0 amide bonds. The summed E-state index contributed by atoms with van der Waals surface area (Å²) >= 11 is 0. The monoisotopic (exact) mass is 669 g/mol. The Morgan fingerprint density at radius 3 is 1.77 bits per heavy atom. The van der Waals surface area contributed by atoms with E-state index in [9.17, 15) is 0 Å². The first-order chi connectivity index (χ1) is 25.4. The summed E-state index contributed by atoms with van der Waals surface area (Å²) in [5.41, 5.74) is 13.5. The molecular weight excluding hydrogens is 631 g/mol. The molecule has 0 atom stereocenters. The van der Waals surface area contributed by atoms with Gasteiger partial charge in [-0.2, -0.15) is 0 Å². The number of para-hydroxylation sites is 3. The van der Waals surface area contributed by atoms with E-state index in [0.29, 0.717) is 0 Å². The van der Waals surface area contributed by atoms with Gasteiger partial charge in [0, 0.05) is 27.6 Å². The molecule has 0 bridgehead atoms. The third-order valence-corrected chi connectivity index (χ3v) is 10.3. The highest BCUT2D eigenvalue weighted by Crippen LogP contribution is 2.47. The number of furan rings is 1. The van der Waals surface area contributed by atoms with Gasteiger partial charge in [-0.15, -0.1) is 0 Å². The average molecular weight is 670 g/mol. The summed E-state index contributed by atoms with van der Waals surface area (Å²) in [6.07, 6.45) is 0. The Hall–Kier alpha value is -6.38. The standard InChI is InChI=1S/C50H39NO/c1-50(2,3)37-28-30-38(31-29-37)51(45-24-10-7-19-39(45)36-27-32-43-42-21-9-12-26-47(42)52-48(43)33-36)46-25-11-8-20-41(46)44-23-14-18-35-17-13-22-40(49(35)44)34-15-5-4-6-16-34/h4-33H,1-3H3. The van der Waals surface area contributed by atoms with Crippen molar-refractivity contribution in [3.05, 3.63) is 188 Å². The molecule has 250 valence electrons. The fraction of sp³-hybridized carbons (Fsp3) is 0.0800. The van der Waals surface area contributed by atoms with Gasteiger partial charge in [0.05, 0.1) is 11.4 Å². The Kier molecular flexibility index (Phi) is 7.74. The molecule has 0 aliphatic heterocycles. The summed E-state index contributed by atoms with van der Waals surface area (Å²) in [6.45, 7) is 6.80. The second kappa shape index (κ2) is 12.7. The highest BCUT2D eigenvalue weighted by molar-refractivity contribution is 6.10. The van der Waals surface area contributed by atoms with Crippen LogP contribution in [-0.4, -0.2) is 0 Å². The summed E-state index contributed by atoms with van der Waals surface area (Å²) in [5, 5.41) is 4.73. The van der Waals surface area contributed by atoms with Gasteiger partial charge in [-0.25, -0.2) is 0 Å². The SMILES string of the molecule is CC(C)(C)c1ccc(N(c2ccccc2-c2ccc3c(c2)oc2ccccc23)c2ccccc2-c2cccc3cccc(-c4ccccc4)c23)cc1. The van der Waals surface area contributed by atoms with Gasteiger partial charge in [0.2, 0.25) is 0 Å². The van der Waals surface area contributed by atoms with E-state index >= 15 is 0 Å². The molecule has 0 aliphatic carbocycles. The maximum atomic E-state index is 6.38. The second-order valence-electron chi connectivity index (χ2n) is 14.6. The number of hydrogen-bond donors (Lipinski definition) is 0. The zero-order valence-electron chi connectivity index (χ0n) is 29.7. The number of rotatable bonds is 6. The Morgan fingerprint density at radius 1 is 0.423 bits per heavy atom. The Bertz CT molecular complexity index is 2710. The van der Waals surface area contributed by atoms with Crippen LogP contribution in [0.5, 0.6) is 0 Å². The highest BCUT2D eigenvalue weighted by atomic mass is 16.3. The fourth-order valence-corrected chi connectivity index (χ4v) is 7.64. The molecule has 0 saturated heterocycles. The van der Waals surface area contributed by atoms with Crippen LogP contribution in [-0.2, 0) is 5.41 Å². The van der Waals surface area contributed by atoms with Crippen molar-refractivity contribution in [2.24, 2.45) is 0 Å². The van der Waals surface area contributed by atoms with Crippen LogP contribution in [0.2, 0.25) is 0 Å². The Morgan fingerprint density at radius 2 is 1.02 bits per heavy atom. The summed E-state index contributed by atoms with van der Waals surface area (Å²) in [4.78, 5) is 2.43. The lowest BCUT2D eigenvalue weighted by Crippen LogP contribution is -2.14. The summed E-state index contributed by atoms with van der Waals surface area (Å²) < 4.78 is 6.38. The minimum absolute atomic E-state index is 0.0396. The Balaban J connectivity index is 1.29. The van der Waals surface area contributed by atoms with Crippen molar-refractivity contribution >= 4 is 49.8 Å². The van der Waals surface area contributed by atoms with Crippen molar-refractivity contribution in [3.63, 3.8) is 0 Å². The van der Waals surface area contributed by atoms with Crippen molar-refractivity contribution in [2.75, 3.05) is 4.90 Å². The van der Waals surface area contributed by atoms with E-state index < -0.39 is 0 Å². The molecule has 2 heteroatoms. The van der Waals surface area contributed by atoms with Crippen molar-refractivity contribution in [3.8, 4) is 33.4 Å². The molecule has 0 unspecified atom stereocenters. The summed E-state index contributed by atoms with van der Waals surface area (Å²) in [7, 11) is 0. The molecule has 2 nitrogen and oxygen atoms in total. The van der Waals surface area contributed by atoms with Gasteiger partial charge in [-0.05, 0) is 86.5 Å². The lowest BCUT2D eigenvalue weighted by molar-refractivity contribution is 0.590. The van der Waals surface area contributed by atoms with Gasteiger partial charge in [0.25, 0.3) is 0 Å². The van der Waals surface area contributed by atoms with Gasteiger partial charge in [-0.3, -0.25) is 0 Å². The van der Waals surface area contributed by atoms with E-state index in [1.165, 1.54) is 38.6 Å². The van der Waals surface area contributed by atoms with E-state index in [1.807, 2.05) is 12.1 Å². The largest absolute Gasteiger partial charge is 0.456 e. The third kappa shape index (κ3) is 5.54. The van der Waals surface area contributed by atoms with E-state index in [2.05, 4.69) is 196 Å². The van der Waals surface area contributed by atoms with Gasteiger partial charge >= 0.3 is 0 Å². The molecule has 1 aromatic heterocycles. The maximum absolute atomic E-state index is 6.38. The normalized spacial score (nSPS) is 11.8. The molecular formula is C50H39NO. The van der Waals surface area contributed by atoms with Crippen molar-refractivity contribution in [1.29, 1.82) is 0 Å². The predicted molar refractivity (Wildman–Crippen MR) is 221 cm³/mol. The molecule has 0 saturated carbocycles. The highest BCUT2D eigenvalue weighted by Gasteiger charge is 2.23. The fourth-order valence-electron chi connectivity index (χ4n) is 7.64. The van der Waals surface area contributed by atoms with Crippen LogP contribution in [0.1, 0.15) is 26.3 Å². The molecule has 9 rings (SSSR count). The minimum atomic E-state index is 0.0396. The van der Waals surface area contributed by atoms with Gasteiger partial charge < -0.3 is 9.32 Å². The maximum Gasteiger partial charge on any atom is 0.136 e. The van der Waals surface area contributed by atoms with Crippen LogP contribution < -0.4 is 4.90 Å². The van der Waals surface area contributed by atoms with Crippen LogP contribution in [0.4, 0.5) is 17.1 Å². The molecule has 8 aromatic carbocycles. The average Bonchev–Trinajstić information content (AvgIpc) is 3.56. The molecule has 9 aromatic rings. The molecule has 0 fully saturated rings. The number of benzene rings is 8. The van der Waals surface area contributed by atoms with E-state index in [0.717, 1.165) is 50.1 Å². The lowest BCUT2D eigenvalue weighted by Gasteiger charge is -2.31. The summed E-state index contributed by atoms with van der Waals surface area (Å²) in [6, 6.07) is 65.6. The Labute approximate surface area is 305 Å². The topological polar surface area (TPSA) is 16.4 Å². The first-order valence-electron chi connectivity index (χ1n) is 18.0. The van der Waals surface area contributed by atoms with E-state index in [1.54, 1.807) is 0 Å². The van der Waals surface area contributed by atoms with Gasteiger partial charge in [0.15, 0.2) is 0 Å². The van der Waals surface area contributed by atoms with Crippen LogP contribution in [0, 0.1) is 0 Å². The van der Waals surface area contributed by atoms with E-state index in [-0.39, 0.29) is 5.41 Å². The summed E-state index contributed by atoms with van der Waals surface area (Å²) in [5.74, 6) is 0.